The van der Waals surface area contributed by atoms with Gasteiger partial charge in [-0.2, -0.15) is 0 Å². The normalized spacial score (nSPS) is 11.0. The summed E-state index contributed by atoms with van der Waals surface area (Å²) in [6.07, 6.45) is 3.93. The van der Waals surface area contributed by atoms with Gasteiger partial charge in [0, 0.05) is 35.5 Å². The number of fused-ring (bicyclic) bond motifs is 1. The predicted molar refractivity (Wildman–Crippen MR) is 94.9 cm³/mol. The average Bonchev–Trinajstić information content (AvgIpc) is 3.05. The summed E-state index contributed by atoms with van der Waals surface area (Å²) in [5, 5.41) is 1.13. The topological polar surface area (TPSA) is 54.7 Å². The van der Waals surface area contributed by atoms with Crippen molar-refractivity contribution < 1.29 is 0 Å². The van der Waals surface area contributed by atoms with Crippen LogP contribution in [0.3, 0.4) is 0 Å². The second kappa shape index (κ2) is 5.71. The molecule has 0 fully saturated rings. The number of aromatic nitrogens is 2. The van der Waals surface area contributed by atoms with E-state index in [-0.39, 0.29) is 0 Å². The molecule has 3 heteroatoms. The van der Waals surface area contributed by atoms with Crippen molar-refractivity contribution in [2.75, 3.05) is 0 Å². The largest absolute Gasteiger partial charge is 0.346 e. The van der Waals surface area contributed by atoms with E-state index in [1.165, 1.54) is 11.1 Å². The zero-order chi connectivity index (χ0) is 15.6. The summed E-state index contributed by atoms with van der Waals surface area (Å²) in [5.41, 5.74) is 12.3. The molecule has 0 saturated carbocycles. The van der Waals surface area contributed by atoms with E-state index < -0.39 is 0 Å². The molecule has 0 aliphatic carbocycles. The quantitative estimate of drug-likeness (QED) is 0.590. The van der Waals surface area contributed by atoms with Gasteiger partial charge in [0.2, 0.25) is 0 Å². The van der Waals surface area contributed by atoms with Gasteiger partial charge in [0.25, 0.3) is 0 Å². The monoisotopic (exact) mass is 299 g/mol. The number of hydrogen-bond donors (Lipinski definition) is 2. The number of nitrogens with two attached hydrogens (primary N) is 1. The van der Waals surface area contributed by atoms with Gasteiger partial charge in [0.05, 0.1) is 0 Å². The molecule has 0 bridgehead atoms. The molecule has 0 spiro atoms. The molecule has 2 aromatic heterocycles. The summed E-state index contributed by atoms with van der Waals surface area (Å²) in [6.45, 7) is 0.563. The highest BCUT2D eigenvalue weighted by molar-refractivity contribution is 5.95. The number of nitrogens with zero attached hydrogens (tertiary/aromatic N) is 1. The molecule has 3 N–H and O–H groups in total. The van der Waals surface area contributed by atoms with E-state index in [4.69, 9.17) is 5.73 Å². The number of H-pyrrole nitrogens is 1. The lowest BCUT2D eigenvalue weighted by molar-refractivity contribution is 1.07. The van der Waals surface area contributed by atoms with E-state index in [1.54, 1.807) is 0 Å². The molecule has 23 heavy (non-hydrogen) atoms. The average molecular weight is 299 g/mol. The van der Waals surface area contributed by atoms with Crippen molar-refractivity contribution in [3.8, 4) is 22.3 Å². The Labute approximate surface area is 134 Å². The number of hydrogen-bond acceptors (Lipinski definition) is 2. The molecule has 3 nitrogen and oxygen atoms in total. The van der Waals surface area contributed by atoms with Gasteiger partial charge in [-0.25, -0.2) is 4.98 Å². The number of nitrogens with one attached hydrogen (secondary N) is 1. The van der Waals surface area contributed by atoms with E-state index in [1.807, 2.05) is 30.6 Å². The van der Waals surface area contributed by atoms with Crippen LogP contribution in [0.5, 0.6) is 0 Å². The molecule has 2 heterocycles. The Bertz CT molecular complexity index is 938. The predicted octanol–water partition coefficient (Wildman–Crippen LogP) is 4.36. The summed E-state index contributed by atoms with van der Waals surface area (Å²) < 4.78 is 0. The number of aromatic amines is 1. The van der Waals surface area contributed by atoms with Crippen LogP contribution in [0.1, 0.15) is 5.56 Å². The van der Waals surface area contributed by atoms with Gasteiger partial charge in [-0.15, -0.1) is 0 Å². The zero-order valence-electron chi connectivity index (χ0n) is 12.7. The van der Waals surface area contributed by atoms with Gasteiger partial charge in [0.1, 0.15) is 5.65 Å². The molecule has 4 rings (SSSR count). The van der Waals surface area contributed by atoms with E-state index in [9.17, 15) is 0 Å². The highest BCUT2D eigenvalue weighted by atomic mass is 14.8. The maximum absolute atomic E-state index is 5.68. The molecule has 4 aromatic rings. The van der Waals surface area contributed by atoms with Gasteiger partial charge in [-0.3, -0.25) is 0 Å². The Morgan fingerprint density at radius 2 is 1.65 bits per heavy atom. The molecular weight excluding hydrogens is 282 g/mol. The van der Waals surface area contributed by atoms with Crippen molar-refractivity contribution in [1.82, 2.24) is 9.97 Å². The lowest BCUT2D eigenvalue weighted by atomic mass is 10.0. The summed E-state index contributed by atoms with van der Waals surface area (Å²) in [4.78, 5) is 7.82. The SMILES string of the molecule is NCc1ccc(-c2c[nH]c3ncc(-c4ccccc4)cc23)cc1. The molecule has 0 aliphatic heterocycles. The van der Waals surface area contributed by atoms with E-state index >= 15 is 0 Å². The summed E-state index contributed by atoms with van der Waals surface area (Å²) in [7, 11) is 0. The second-order valence-corrected chi connectivity index (χ2v) is 5.59. The fourth-order valence-corrected chi connectivity index (χ4v) is 2.85. The Hall–Kier alpha value is -2.91. The van der Waals surface area contributed by atoms with Gasteiger partial charge in [-0.05, 0) is 22.8 Å². The van der Waals surface area contributed by atoms with Crippen LogP contribution in [-0.2, 0) is 6.54 Å². The highest BCUT2D eigenvalue weighted by Crippen LogP contribution is 2.31. The van der Waals surface area contributed by atoms with Crippen molar-refractivity contribution in [2.45, 2.75) is 6.54 Å². The summed E-state index contributed by atoms with van der Waals surface area (Å²) in [5.74, 6) is 0. The zero-order valence-corrected chi connectivity index (χ0v) is 12.7. The summed E-state index contributed by atoms with van der Waals surface area (Å²) >= 11 is 0. The Kier molecular flexibility index (Phi) is 3.41. The molecule has 112 valence electrons. The van der Waals surface area contributed by atoms with E-state index in [0.29, 0.717) is 6.54 Å². The standard InChI is InChI=1S/C20H17N3/c21-11-14-6-8-16(9-7-14)19-13-23-20-18(19)10-17(12-22-20)15-4-2-1-3-5-15/h1-10,12-13H,11,21H2,(H,22,23). The highest BCUT2D eigenvalue weighted by Gasteiger charge is 2.09. The fourth-order valence-electron chi connectivity index (χ4n) is 2.85. The van der Waals surface area contributed by atoms with Gasteiger partial charge >= 0.3 is 0 Å². The molecule has 0 saturated heterocycles. The first-order valence-corrected chi connectivity index (χ1v) is 7.67. The van der Waals surface area contributed by atoms with Gasteiger partial charge in [-0.1, -0.05) is 54.6 Å². The smallest absolute Gasteiger partial charge is 0.137 e. The maximum Gasteiger partial charge on any atom is 0.137 e. The van der Waals surface area contributed by atoms with Crippen LogP contribution in [0.4, 0.5) is 0 Å². The fraction of sp³-hybridized carbons (Fsp3) is 0.0500. The minimum atomic E-state index is 0.563. The maximum atomic E-state index is 5.68. The Balaban J connectivity index is 1.84. The van der Waals surface area contributed by atoms with E-state index in [0.717, 1.165) is 27.7 Å². The van der Waals surface area contributed by atoms with Crippen molar-refractivity contribution in [3.05, 3.63) is 78.6 Å². The molecule has 2 aromatic carbocycles. The molecule has 0 amide bonds. The minimum Gasteiger partial charge on any atom is -0.346 e. The van der Waals surface area contributed by atoms with Gasteiger partial charge in [0.15, 0.2) is 0 Å². The number of rotatable bonds is 3. The van der Waals surface area contributed by atoms with Crippen LogP contribution in [0.25, 0.3) is 33.3 Å². The first kappa shape index (κ1) is 13.7. The van der Waals surface area contributed by atoms with Crippen molar-refractivity contribution >= 4 is 11.0 Å². The molecule has 0 atom stereocenters. The first-order valence-electron chi connectivity index (χ1n) is 7.67. The lowest BCUT2D eigenvalue weighted by Gasteiger charge is -2.04. The molecule has 0 radical (unpaired) electrons. The van der Waals surface area contributed by atoms with Crippen molar-refractivity contribution in [1.29, 1.82) is 0 Å². The summed E-state index contributed by atoms with van der Waals surface area (Å²) in [6, 6.07) is 20.9. The van der Waals surface area contributed by atoms with Crippen LogP contribution in [0.15, 0.2) is 73.1 Å². The van der Waals surface area contributed by atoms with Crippen LogP contribution in [0.2, 0.25) is 0 Å². The van der Waals surface area contributed by atoms with Crippen LogP contribution >= 0.6 is 0 Å². The molecule has 0 unspecified atom stereocenters. The minimum absolute atomic E-state index is 0.563. The van der Waals surface area contributed by atoms with Crippen molar-refractivity contribution in [2.24, 2.45) is 5.73 Å². The van der Waals surface area contributed by atoms with Crippen LogP contribution in [0, 0.1) is 0 Å². The molecule has 0 aliphatic rings. The van der Waals surface area contributed by atoms with Gasteiger partial charge < -0.3 is 10.7 Å². The van der Waals surface area contributed by atoms with Crippen LogP contribution in [-0.4, -0.2) is 9.97 Å². The third-order valence-electron chi connectivity index (χ3n) is 4.14. The lowest BCUT2D eigenvalue weighted by Crippen LogP contribution is -1.95. The van der Waals surface area contributed by atoms with Crippen molar-refractivity contribution in [3.63, 3.8) is 0 Å². The second-order valence-electron chi connectivity index (χ2n) is 5.59. The number of benzene rings is 2. The Morgan fingerprint density at radius 1 is 0.870 bits per heavy atom. The number of pyridine rings is 1. The molecular formula is C20H17N3. The van der Waals surface area contributed by atoms with Crippen LogP contribution < -0.4 is 5.73 Å². The third-order valence-corrected chi connectivity index (χ3v) is 4.14. The van der Waals surface area contributed by atoms with E-state index in [2.05, 4.69) is 52.4 Å². The first-order chi connectivity index (χ1) is 11.3. The Morgan fingerprint density at radius 3 is 2.39 bits per heavy atom. The third kappa shape index (κ3) is 2.51.